The number of amides is 1. The Morgan fingerprint density at radius 2 is 2.04 bits per heavy atom. The Balaban J connectivity index is 1.81. The number of benzene rings is 1. The van der Waals surface area contributed by atoms with Crippen molar-refractivity contribution in [1.29, 1.82) is 0 Å². The van der Waals surface area contributed by atoms with E-state index in [1.54, 1.807) is 12.3 Å². The van der Waals surface area contributed by atoms with Gasteiger partial charge in [0, 0.05) is 25.2 Å². The second-order valence-electron chi connectivity index (χ2n) is 6.05. The van der Waals surface area contributed by atoms with Crippen LogP contribution in [0.25, 0.3) is 0 Å². The molecule has 0 spiro atoms. The SMILES string of the molecule is COc1cc(C(=O)N2CCC(Oc3ncccc3Br)C2)c([N+](=O)[O-])cc1OC. The zero-order chi connectivity index (χ0) is 20.3. The predicted molar refractivity (Wildman–Crippen MR) is 103 cm³/mol. The van der Waals surface area contributed by atoms with Gasteiger partial charge in [-0.2, -0.15) is 0 Å². The number of pyridine rings is 1. The van der Waals surface area contributed by atoms with Gasteiger partial charge in [-0.25, -0.2) is 4.98 Å². The summed E-state index contributed by atoms with van der Waals surface area (Å²) in [6.45, 7) is 0.715. The fourth-order valence-electron chi connectivity index (χ4n) is 2.99. The minimum absolute atomic E-state index is 0.0534. The summed E-state index contributed by atoms with van der Waals surface area (Å²) in [7, 11) is 2.78. The molecular weight excluding hydrogens is 434 g/mol. The summed E-state index contributed by atoms with van der Waals surface area (Å²) >= 11 is 3.37. The topological polar surface area (TPSA) is 104 Å². The number of aromatic nitrogens is 1. The van der Waals surface area contributed by atoms with Crippen LogP contribution < -0.4 is 14.2 Å². The van der Waals surface area contributed by atoms with Gasteiger partial charge in [-0.1, -0.05) is 0 Å². The third-order valence-corrected chi connectivity index (χ3v) is 4.97. The van der Waals surface area contributed by atoms with Gasteiger partial charge in [-0.3, -0.25) is 14.9 Å². The molecule has 1 unspecified atom stereocenters. The Hall–Kier alpha value is -2.88. The van der Waals surface area contributed by atoms with Crippen molar-refractivity contribution in [2.45, 2.75) is 12.5 Å². The molecule has 1 aliphatic rings. The molecule has 1 fully saturated rings. The minimum Gasteiger partial charge on any atom is -0.493 e. The van der Waals surface area contributed by atoms with E-state index in [1.807, 2.05) is 6.07 Å². The van der Waals surface area contributed by atoms with Crippen molar-refractivity contribution < 1.29 is 23.9 Å². The van der Waals surface area contributed by atoms with Gasteiger partial charge in [-0.15, -0.1) is 0 Å². The van der Waals surface area contributed by atoms with Gasteiger partial charge < -0.3 is 19.1 Å². The lowest BCUT2D eigenvalue weighted by Crippen LogP contribution is -2.31. The van der Waals surface area contributed by atoms with E-state index in [0.29, 0.717) is 25.4 Å². The molecule has 1 aromatic heterocycles. The molecule has 1 aromatic carbocycles. The van der Waals surface area contributed by atoms with E-state index in [4.69, 9.17) is 14.2 Å². The summed E-state index contributed by atoms with van der Waals surface area (Å²) in [6, 6.07) is 6.12. The van der Waals surface area contributed by atoms with Crippen LogP contribution in [0, 0.1) is 10.1 Å². The van der Waals surface area contributed by atoms with Crippen LogP contribution >= 0.6 is 15.9 Å². The first-order valence-electron chi connectivity index (χ1n) is 8.41. The van der Waals surface area contributed by atoms with Crippen molar-refractivity contribution in [1.82, 2.24) is 9.88 Å². The molecule has 9 nitrogen and oxygen atoms in total. The Morgan fingerprint density at radius 1 is 1.32 bits per heavy atom. The number of carbonyl (C=O) groups is 1. The lowest BCUT2D eigenvalue weighted by Gasteiger charge is -2.18. The average molecular weight is 452 g/mol. The van der Waals surface area contributed by atoms with E-state index in [9.17, 15) is 14.9 Å². The van der Waals surface area contributed by atoms with Crippen LogP contribution in [0.15, 0.2) is 34.9 Å². The molecule has 3 rings (SSSR count). The molecule has 1 aliphatic heterocycles. The molecule has 10 heteroatoms. The number of hydrogen-bond donors (Lipinski definition) is 0. The summed E-state index contributed by atoms with van der Waals surface area (Å²) in [6.07, 6.45) is 1.95. The highest BCUT2D eigenvalue weighted by Gasteiger charge is 2.33. The Labute approximate surface area is 169 Å². The fourth-order valence-corrected chi connectivity index (χ4v) is 3.33. The molecule has 1 saturated heterocycles. The van der Waals surface area contributed by atoms with Crippen LogP contribution in [0.1, 0.15) is 16.8 Å². The molecular formula is C18H18BrN3O6. The van der Waals surface area contributed by atoms with Crippen molar-refractivity contribution >= 4 is 27.5 Å². The number of ether oxygens (including phenoxy) is 3. The lowest BCUT2D eigenvalue weighted by molar-refractivity contribution is -0.385. The molecule has 0 aliphatic carbocycles. The largest absolute Gasteiger partial charge is 0.493 e. The van der Waals surface area contributed by atoms with Gasteiger partial charge in [0.1, 0.15) is 11.7 Å². The van der Waals surface area contributed by atoms with E-state index in [-0.39, 0.29) is 28.9 Å². The van der Waals surface area contributed by atoms with Crippen molar-refractivity contribution in [3.05, 3.63) is 50.6 Å². The molecule has 0 N–H and O–H groups in total. The zero-order valence-electron chi connectivity index (χ0n) is 15.3. The number of nitrogens with zero attached hydrogens (tertiary/aromatic N) is 3. The maximum Gasteiger partial charge on any atom is 0.286 e. The third kappa shape index (κ3) is 4.01. The minimum atomic E-state index is -0.607. The van der Waals surface area contributed by atoms with Crippen LogP contribution in [0.3, 0.4) is 0 Å². The maximum atomic E-state index is 12.9. The number of nitro benzene ring substituents is 1. The summed E-state index contributed by atoms with van der Waals surface area (Å²) in [5.74, 6) is 0.423. The van der Waals surface area contributed by atoms with Crippen LogP contribution in [0.2, 0.25) is 0 Å². The molecule has 0 bridgehead atoms. The Kier molecular flexibility index (Phi) is 5.98. The van der Waals surface area contributed by atoms with Crippen LogP contribution in [-0.4, -0.2) is 54.1 Å². The van der Waals surface area contributed by atoms with Crippen molar-refractivity contribution in [3.8, 4) is 17.4 Å². The molecule has 2 aromatic rings. The van der Waals surface area contributed by atoms with E-state index >= 15 is 0 Å². The van der Waals surface area contributed by atoms with Gasteiger partial charge in [0.2, 0.25) is 5.88 Å². The van der Waals surface area contributed by atoms with Gasteiger partial charge in [0.25, 0.3) is 11.6 Å². The molecule has 2 heterocycles. The van der Waals surface area contributed by atoms with E-state index in [0.717, 1.165) is 4.47 Å². The van der Waals surface area contributed by atoms with Crippen LogP contribution in [-0.2, 0) is 0 Å². The van der Waals surface area contributed by atoms with E-state index < -0.39 is 10.8 Å². The highest BCUT2D eigenvalue weighted by atomic mass is 79.9. The predicted octanol–water partition coefficient (Wildman–Crippen LogP) is 3.06. The number of carbonyl (C=O) groups excluding carboxylic acids is 1. The monoisotopic (exact) mass is 451 g/mol. The number of halogens is 1. The van der Waals surface area contributed by atoms with Crippen molar-refractivity contribution in [2.24, 2.45) is 0 Å². The van der Waals surface area contributed by atoms with Gasteiger partial charge in [-0.05, 0) is 28.1 Å². The normalized spacial score (nSPS) is 16.0. The first-order valence-corrected chi connectivity index (χ1v) is 9.20. The van der Waals surface area contributed by atoms with Gasteiger partial charge in [0.15, 0.2) is 11.5 Å². The fraction of sp³-hybridized carbons (Fsp3) is 0.333. The van der Waals surface area contributed by atoms with Crippen molar-refractivity contribution in [3.63, 3.8) is 0 Å². The molecule has 28 heavy (non-hydrogen) atoms. The Morgan fingerprint density at radius 3 is 2.68 bits per heavy atom. The zero-order valence-corrected chi connectivity index (χ0v) is 16.8. The maximum absolute atomic E-state index is 12.9. The van der Waals surface area contributed by atoms with Crippen LogP contribution in [0.5, 0.6) is 17.4 Å². The van der Waals surface area contributed by atoms with E-state index in [1.165, 1.54) is 31.3 Å². The van der Waals surface area contributed by atoms with Gasteiger partial charge >= 0.3 is 0 Å². The van der Waals surface area contributed by atoms with Gasteiger partial charge in [0.05, 0.1) is 36.2 Å². The summed E-state index contributed by atoms with van der Waals surface area (Å²) in [5, 5.41) is 11.5. The number of methoxy groups -OCH3 is 2. The molecule has 0 saturated carbocycles. The highest BCUT2D eigenvalue weighted by Crippen LogP contribution is 2.35. The number of rotatable bonds is 6. The summed E-state index contributed by atoms with van der Waals surface area (Å²) in [5.41, 5.74) is -0.387. The molecule has 148 valence electrons. The summed E-state index contributed by atoms with van der Waals surface area (Å²) in [4.78, 5) is 29.5. The quantitative estimate of drug-likeness (QED) is 0.490. The highest BCUT2D eigenvalue weighted by molar-refractivity contribution is 9.10. The smallest absolute Gasteiger partial charge is 0.286 e. The first kappa shape index (κ1) is 19.9. The van der Waals surface area contributed by atoms with Crippen molar-refractivity contribution in [2.75, 3.05) is 27.3 Å². The summed E-state index contributed by atoms with van der Waals surface area (Å²) < 4.78 is 16.8. The standard InChI is InChI=1S/C18H18BrN3O6/c1-26-15-8-12(14(22(24)25)9-16(15)27-2)18(23)21-7-5-11(10-21)28-17-13(19)4-3-6-20-17/h3-4,6,8-9,11H,5,7,10H2,1-2H3. The number of likely N-dealkylation sites (tertiary alicyclic amines) is 1. The number of hydrogen-bond acceptors (Lipinski definition) is 7. The molecule has 0 radical (unpaired) electrons. The number of nitro groups is 1. The molecule has 1 amide bonds. The molecule has 1 atom stereocenters. The lowest BCUT2D eigenvalue weighted by atomic mass is 10.1. The second kappa shape index (κ2) is 8.42. The van der Waals surface area contributed by atoms with Crippen LogP contribution in [0.4, 0.5) is 5.69 Å². The Bertz CT molecular complexity index is 907. The third-order valence-electron chi connectivity index (χ3n) is 4.36. The first-order chi connectivity index (χ1) is 13.4. The average Bonchev–Trinajstić information content (AvgIpc) is 3.16. The second-order valence-corrected chi connectivity index (χ2v) is 6.91. The van der Waals surface area contributed by atoms with E-state index in [2.05, 4.69) is 20.9 Å².